The van der Waals surface area contributed by atoms with E-state index in [9.17, 15) is 9.59 Å². The van der Waals surface area contributed by atoms with Crippen LogP contribution in [-0.2, 0) is 9.59 Å². The average Bonchev–Trinajstić information content (AvgIpc) is 2.99. The van der Waals surface area contributed by atoms with Crippen LogP contribution in [0.3, 0.4) is 0 Å². The molecule has 0 aromatic heterocycles. The van der Waals surface area contributed by atoms with Crippen molar-refractivity contribution in [3.8, 4) is 5.75 Å². The second-order valence-electron chi connectivity index (χ2n) is 5.61. The fourth-order valence-corrected chi connectivity index (χ4v) is 2.92. The number of rotatable bonds is 4. The van der Waals surface area contributed by atoms with Crippen LogP contribution < -0.4 is 20.7 Å². The van der Waals surface area contributed by atoms with Crippen molar-refractivity contribution < 1.29 is 14.3 Å². The van der Waals surface area contributed by atoms with Gasteiger partial charge in [-0.15, -0.1) is 12.4 Å². The van der Waals surface area contributed by atoms with Crippen LogP contribution in [0.15, 0.2) is 12.1 Å². The van der Waals surface area contributed by atoms with Crippen molar-refractivity contribution in [3.05, 3.63) is 17.2 Å². The molecule has 2 heterocycles. The summed E-state index contributed by atoms with van der Waals surface area (Å²) in [6, 6.07) is 3.23. The van der Waals surface area contributed by atoms with Gasteiger partial charge in [-0.2, -0.15) is 0 Å². The molecule has 1 fully saturated rings. The third-order valence-electron chi connectivity index (χ3n) is 3.92. The summed E-state index contributed by atoms with van der Waals surface area (Å²) in [5.41, 5.74) is 1.03. The molecular weight excluding hydrogens is 341 g/mol. The van der Waals surface area contributed by atoms with Crippen molar-refractivity contribution in [2.45, 2.75) is 19.3 Å². The molecule has 1 aromatic rings. The Hall–Kier alpha value is -1.50. The number of nitrogens with one attached hydrogen (secondary N) is 3. The molecule has 0 spiro atoms. The van der Waals surface area contributed by atoms with Gasteiger partial charge in [0.2, 0.25) is 5.91 Å². The lowest BCUT2D eigenvalue weighted by atomic mass is 10.0. The molecule has 2 amide bonds. The van der Waals surface area contributed by atoms with E-state index in [4.69, 9.17) is 16.3 Å². The van der Waals surface area contributed by atoms with E-state index in [-0.39, 0.29) is 30.8 Å². The SMILES string of the molecule is Cl.O=C(CCC1CCNC1)Nc1cc2c(cc1Cl)NC(=O)CO2. The maximum atomic E-state index is 12.0. The number of ether oxygens (including phenoxy) is 1. The van der Waals surface area contributed by atoms with E-state index in [1.54, 1.807) is 12.1 Å². The number of carbonyl (C=O) groups is 2. The normalized spacial score (nSPS) is 19.2. The highest BCUT2D eigenvalue weighted by Crippen LogP contribution is 2.36. The number of amides is 2. The van der Waals surface area contributed by atoms with Crippen LogP contribution in [0.5, 0.6) is 5.75 Å². The number of anilines is 2. The van der Waals surface area contributed by atoms with E-state index in [1.165, 1.54) is 0 Å². The molecule has 1 unspecified atom stereocenters. The van der Waals surface area contributed by atoms with Crippen molar-refractivity contribution in [2.24, 2.45) is 5.92 Å². The van der Waals surface area contributed by atoms with Gasteiger partial charge in [-0.3, -0.25) is 9.59 Å². The Morgan fingerprint density at radius 2 is 2.26 bits per heavy atom. The quantitative estimate of drug-likeness (QED) is 0.771. The van der Waals surface area contributed by atoms with Crippen molar-refractivity contribution in [3.63, 3.8) is 0 Å². The molecule has 0 bridgehead atoms. The second-order valence-corrected chi connectivity index (χ2v) is 6.02. The maximum absolute atomic E-state index is 12.0. The predicted molar refractivity (Wildman–Crippen MR) is 91.7 cm³/mol. The second kappa shape index (κ2) is 7.86. The summed E-state index contributed by atoms with van der Waals surface area (Å²) < 4.78 is 5.32. The molecule has 8 heteroatoms. The number of hydrogen-bond donors (Lipinski definition) is 3. The summed E-state index contributed by atoms with van der Waals surface area (Å²) in [6.45, 7) is 1.99. The molecule has 6 nitrogen and oxygen atoms in total. The van der Waals surface area contributed by atoms with E-state index < -0.39 is 0 Å². The van der Waals surface area contributed by atoms with Crippen LogP contribution in [0, 0.1) is 5.92 Å². The van der Waals surface area contributed by atoms with Crippen molar-refractivity contribution >= 4 is 47.2 Å². The zero-order valence-electron chi connectivity index (χ0n) is 12.5. The molecule has 0 saturated carbocycles. The van der Waals surface area contributed by atoms with Gasteiger partial charge in [0.15, 0.2) is 6.61 Å². The fourth-order valence-electron chi connectivity index (χ4n) is 2.70. The third kappa shape index (κ3) is 4.50. The number of fused-ring (bicyclic) bond motifs is 1. The van der Waals surface area contributed by atoms with Crippen molar-refractivity contribution in [1.29, 1.82) is 0 Å². The Kier molecular flexibility index (Phi) is 6.10. The average molecular weight is 360 g/mol. The molecule has 1 saturated heterocycles. The van der Waals surface area contributed by atoms with E-state index in [2.05, 4.69) is 16.0 Å². The van der Waals surface area contributed by atoms with Gasteiger partial charge in [-0.25, -0.2) is 0 Å². The monoisotopic (exact) mass is 359 g/mol. The zero-order valence-corrected chi connectivity index (χ0v) is 14.1. The smallest absolute Gasteiger partial charge is 0.262 e. The van der Waals surface area contributed by atoms with Crippen LogP contribution >= 0.6 is 24.0 Å². The van der Waals surface area contributed by atoms with Crippen molar-refractivity contribution in [1.82, 2.24) is 5.32 Å². The Bertz CT molecular complexity index is 604. The summed E-state index contributed by atoms with van der Waals surface area (Å²) in [6.07, 6.45) is 2.46. The molecule has 0 aliphatic carbocycles. The first-order valence-corrected chi connectivity index (χ1v) is 7.76. The minimum absolute atomic E-state index is 0. The zero-order chi connectivity index (χ0) is 15.5. The van der Waals surface area contributed by atoms with Crippen LogP contribution in [0.1, 0.15) is 19.3 Å². The maximum Gasteiger partial charge on any atom is 0.262 e. The number of benzene rings is 1. The van der Waals surface area contributed by atoms with Crippen LogP contribution in [0.25, 0.3) is 0 Å². The molecule has 2 aliphatic heterocycles. The minimum Gasteiger partial charge on any atom is -0.482 e. The lowest BCUT2D eigenvalue weighted by molar-refractivity contribution is -0.118. The minimum atomic E-state index is -0.217. The van der Waals surface area contributed by atoms with Crippen LogP contribution in [0.4, 0.5) is 11.4 Å². The highest BCUT2D eigenvalue weighted by atomic mass is 35.5. The largest absolute Gasteiger partial charge is 0.482 e. The lowest BCUT2D eigenvalue weighted by Crippen LogP contribution is -2.25. The van der Waals surface area contributed by atoms with Gasteiger partial charge >= 0.3 is 0 Å². The first-order chi connectivity index (χ1) is 10.6. The molecule has 1 atom stereocenters. The van der Waals surface area contributed by atoms with Gasteiger partial charge in [0.25, 0.3) is 5.91 Å². The Labute approximate surface area is 145 Å². The van der Waals surface area contributed by atoms with E-state index in [0.717, 1.165) is 25.9 Å². The summed E-state index contributed by atoms with van der Waals surface area (Å²) in [7, 11) is 0. The van der Waals surface area contributed by atoms with Gasteiger partial charge < -0.3 is 20.7 Å². The van der Waals surface area contributed by atoms with Gasteiger partial charge in [-0.05, 0) is 37.9 Å². The van der Waals surface area contributed by atoms with Crippen molar-refractivity contribution in [2.75, 3.05) is 30.3 Å². The van der Waals surface area contributed by atoms with Gasteiger partial charge in [-0.1, -0.05) is 11.6 Å². The van der Waals surface area contributed by atoms with Crippen LogP contribution in [-0.4, -0.2) is 31.5 Å². The predicted octanol–water partition coefficient (Wildman–Crippen LogP) is 2.42. The summed E-state index contributed by atoms with van der Waals surface area (Å²) in [5.74, 6) is 0.807. The summed E-state index contributed by atoms with van der Waals surface area (Å²) in [5, 5.41) is 9.15. The molecular formula is C15H19Cl2N3O3. The molecule has 3 rings (SSSR count). The van der Waals surface area contributed by atoms with E-state index in [1.807, 2.05) is 0 Å². The highest BCUT2D eigenvalue weighted by molar-refractivity contribution is 6.34. The third-order valence-corrected chi connectivity index (χ3v) is 4.23. The first kappa shape index (κ1) is 17.8. The molecule has 3 N–H and O–H groups in total. The summed E-state index contributed by atoms with van der Waals surface area (Å²) >= 11 is 6.15. The highest BCUT2D eigenvalue weighted by Gasteiger charge is 2.20. The van der Waals surface area contributed by atoms with E-state index >= 15 is 0 Å². The lowest BCUT2D eigenvalue weighted by Gasteiger charge is -2.19. The standard InChI is InChI=1S/C15H18ClN3O3.ClH/c16-10-5-12-13(22-8-15(21)19-12)6-11(10)18-14(20)2-1-9-3-4-17-7-9;/h5-6,9,17H,1-4,7-8H2,(H,18,20)(H,19,21);1H. The number of carbonyl (C=O) groups excluding carboxylic acids is 2. The Balaban J connectivity index is 0.00000192. The Morgan fingerprint density at radius 3 is 3.00 bits per heavy atom. The van der Waals surface area contributed by atoms with Crippen LogP contribution in [0.2, 0.25) is 5.02 Å². The molecule has 2 aliphatic rings. The number of hydrogen-bond acceptors (Lipinski definition) is 4. The topological polar surface area (TPSA) is 79.5 Å². The first-order valence-electron chi connectivity index (χ1n) is 7.38. The molecule has 1 aromatic carbocycles. The summed E-state index contributed by atoms with van der Waals surface area (Å²) in [4.78, 5) is 23.3. The van der Waals surface area contributed by atoms with Gasteiger partial charge in [0.1, 0.15) is 5.75 Å². The van der Waals surface area contributed by atoms with E-state index in [0.29, 0.717) is 34.5 Å². The van der Waals surface area contributed by atoms with Gasteiger partial charge in [0, 0.05) is 12.5 Å². The molecule has 0 radical (unpaired) electrons. The number of halogens is 2. The van der Waals surface area contributed by atoms with Gasteiger partial charge in [0.05, 0.1) is 16.4 Å². The molecule has 126 valence electrons. The molecule has 23 heavy (non-hydrogen) atoms. The Morgan fingerprint density at radius 1 is 1.43 bits per heavy atom. The fraction of sp³-hybridized carbons (Fsp3) is 0.467.